The van der Waals surface area contributed by atoms with Gasteiger partial charge in [0.1, 0.15) is 5.60 Å². The van der Waals surface area contributed by atoms with Crippen molar-refractivity contribution in [2.24, 2.45) is 17.8 Å². The standard InChI is InChI=1S/C36H76N2O7Si/c1-18-29(39)26(6)31(44-33-25(5)28(37(13)14)20-24(4)43-33)35(11,41)21-23(3)22-38(15)27(7)32(36(12,42)30(40)19-2)45-46(16,17)34(8,9)10/h23-33,39-42H,18-22H2,1-17H3/t23-,24-,25-,26+,27-,28+,29-,30-,31-,32-,33?,35-,36-/m1/s1. The third-order valence-corrected chi connectivity index (χ3v) is 15.9. The summed E-state index contributed by atoms with van der Waals surface area (Å²) in [4.78, 5) is 4.39. The molecule has 4 N–H and O–H groups in total. The van der Waals surface area contributed by atoms with Gasteiger partial charge in [0.05, 0.1) is 36.1 Å². The van der Waals surface area contributed by atoms with Crippen molar-refractivity contribution in [3.8, 4) is 0 Å². The van der Waals surface area contributed by atoms with Crippen LogP contribution in [0.25, 0.3) is 0 Å². The Kier molecular flexibility index (Phi) is 16.4. The molecule has 0 spiro atoms. The predicted octanol–water partition coefficient (Wildman–Crippen LogP) is 5.49. The maximum Gasteiger partial charge on any atom is 0.192 e. The summed E-state index contributed by atoms with van der Waals surface area (Å²) >= 11 is 0. The van der Waals surface area contributed by atoms with E-state index in [0.717, 1.165) is 6.42 Å². The first-order valence-corrected chi connectivity index (χ1v) is 20.8. The van der Waals surface area contributed by atoms with Crippen LogP contribution in [0.15, 0.2) is 0 Å². The molecular weight excluding hydrogens is 600 g/mol. The van der Waals surface area contributed by atoms with Crippen LogP contribution in [0.3, 0.4) is 0 Å². The first-order valence-electron chi connectivity index (χ1n) is 17.9. The molecule has 1 aliphatic rings. The zero-order valence-corrected chi connectivity index (χ0v) is 33.8. The second-order valence-electron chi connectivity index (χ2n) is 17.1. The van der Waals surface area contributed by atoms with Crippen molar-refractivity contribution in [2.45, 2.75) is 187 Å². The lowest BCUT2D eigenvalue weighted by Gasteiger charge is -2.49. The van der Waals surface area contributed by atoms with Gasteiger partial charge in [0, 0.05) is 30.5 Å². The van der Waals surface area contributed by atoms with E-state index in [1.165, 1.54) is 0 Å². The van der Waals surface area contributed by atoms with Crippen LogP contribution in [0.1, 0.15) is 109 Å². The fraction of sp³-hybridized carbons (Fsp3) is 1.00. The number of aliphatic hydroxyl groups excluding tert-OH is 2. The first-order chi connectivity index (χ1) is 20.7. The molecule has 1 rings (SSSR count). The monoisotopic (exact) mass is 677 g/mol. The summed E-state index contributed by atoms with van der Waals surface area (Å²) in [6, 6.07) is 0.0660. The molecule has 13 atom stereocenters. The molecule has 46 heavy (non-hydrogen) atoms. The van der Waals surface area contributed by atoms with Crippen molar-refractivity contribution in [3.63, 3.8) is 0 Å². The van der Waals surface area contributed by atoms with Gasteiger partial charge >= 0.3 is 0 Å². The smallest absolute Gasteiger partial charge is 0.192 e. The van der Waals surface area contributed by atoms with Crippen molar-refractivity contribution < 1.29 is 34.3 Å². The molecule has 0 aromatic carbocycles. The van der Waals surface area contributed by atoms with Crippen molar-refractivity contribution in [2.75, 3.05) is 27.7 Å². The SMILES string of the molecule is CC[C@@H](O)[C@H](C)[C@@H](OC1O[C@H](C)C[C@H](N(C)C)[C@H]1C)[C@](C)(O)C[C@@H](C)CN(C)[C@H](C)[C@@H](O[Si](C)(C)C(C)(C)C)[C@](C)(O)[C@H](O)CC. The molecule has 1 saturated heterocycles. The third kappa shape index (κ3) is 11.2. The minimum absolute atomic E-state index is 0.0181. The number of rotatable bonds is 18. The van der Waals surface area contributed by atoms with E-state index in [1.54, 1.807) is 6.92 Å². The zero-order valence-electron chi connectivity index (χ0n) is 32.8. The summed E-state index contributed by atoms with van der Waals surface area (Å²) in [6.07, 6.45) is -0.989. The maximum absolute atomic E-state index is 12.1. The van der Waals surface area contributed by atoms with Crippen molar-refractivity contribution in [3.05, 3.63) is 0 Å². The van der Waals surface area contributed by atoms with Crippen LogP contribution in [0.2, 0.25) is 18.1 Å². The highest BCUT2D eigenvalue weighted by Crippen LogP contribution is 2.41. The normalized spacial score (nSPS) is 29.0. The van der Waals surface area contributed by atoms with Gasteiger partial charge in [-0.25, -0.2) is 0 Å². The topological polar surface area (TPSA) is 115 Å². The molecule has 0 bridgehead atoms. The number of likely N-dealkylation sites (N-methyl/N-ethyl adjacent to an activating group) is 1. The Balaban J connectivity index is 3.28. The van der Waals surface area contributed by atoms with Gasteiger partial charge in [-0.1, -0.05) is 55.4 Å². The Bertz CT molecular complexity index is 896. The van der Waals surface area contributed by atoms with Crippen LogP contribution in [0.4, 0.5) is 0 Å². The highest BCUT2D eigenvalue weighted by Gasteiger charge is 2.50. The average Bonchev–Trinajstić information content (AvgIpc) is 2.92. The van der Waals surface area contributed by atoms with Gasteiger partial charge in [-0.15, -0.1) is 0 Å². The summed E-state index contributed by atoms with van der Waals surface area (Å²) in [5, 5.41) is 45.6. The lowest BCUT2D eigenvalue weighted by Crippen LogP contribution is -2.62. The fourth-order valence-electron chi connectivity index (χ4n) is 7.11. The zero-order chi connectivity index (χ0) is 36.2. The van der Waals surface area contributed by atoms with Crippen LogP contribution in [-0.2, 0) is 13.9 Å². The summed E-state index contributed by atoms with van der Waals surface area (Å²) < 4.78 is 19.9. The number of hydrogen-bond donors (Lipinski definition) is 4. The molecule has 0 aromatic rings. The number of ether oxygens (including phenoxy) is 2. The molecule has 9 nitrogen and oxygen atoms in total. The van der Waals surface area contributed by atoms with Crippen LogP contribution in [0, 0.1) is 17.8 Å². The van der Waals surface area contributed by atoms with Crippen LogP contribution in [-0.4, -0.2) is 126 Å². The number of nitrogens with zero attached hydrogens (tertiary/aromatic N) is 2. The van der Waals surface area contributed by atoms with Gasteiger partial charge in [0.15, 0.2) is 14.6 Å². The predicted molar refractivity (Wildman–Crippen MR) is 191 cm³/mol. The molecule has 1 fully saturated rings. The summed E-state index contributed by atoms with van der Waals surface area (Å²) in [6.45, 7) is 29.1. The molecule has 0 amide bonds. The summed E-state index contributed by atoms with van der Waals surface area (Å²) in [5.41, 5.74) is -2.70. The minimum atomic E-state index is -2.30. The van der Waals surface area contributed by atoms with Gasteiger partial charge in [0.2, 0.25) is 0 Å². The van der Waals surface area contributed by atoms with E-state index in [-0.39, 0.29) is 41.0 Å². The van der Waals surface area contributed by atoms with E-state index in [0.29, 0.717) is 25.8 Å². The molecule has 1 heterocycles. The first kappa shape index (κ1) is 43.9. The molecule has 1 aliphatic heterocycles. The van der Waals surface area contributed by atoms with Gasteiger partial charge in [-0.3, -0.25) is 0 Å². The Labute approximate surface area is 284 Å². The molecule has 0 radical (unpaired) electrons. The van der Waals surface area contributed by atoms with Gasteiger partial charge < -0.3 is 44.1 Å². The van der Waals surface area contributed by atoms with E-state index < -0.39 is 50.2 Å². The third-order valence-electron chi connectivity index (χ3n) is 11.4. The highest BCUT2D eigenvalue weighted by atomic mass is 28.4. The van der Waals surface area contributed by atoms with Gasteiger partial charge in [-0.2, -0.15) is 0 Å². The average molecular weight is 677 g/mol. The molecule has 0 aromatic heterocycles. The molecule has 0 saturated carbocycles. The number of hydrogen-bond acceptors (Lipinski definition) is 9. The van der Waals surface area contributed by atoms with E-state index >= 15 is 0 Å². The molecule has 276 valence electrons. The second-order valence-corrected chi connectivity index (χ2v) is 21.9. The maximum atomic E-state index is 12.1. The largest absolute Gasteiger partial charge is 0.409 e. The molecule has 10 heteroatoms. The fourth-order valence-corrected chi connectivity index (χ4v) is 8.54. The summed E-state index contributed by atoms with van der Waals surface area (Å²) in [7, 11) is 3.88. The Morgan fingerprint density at radius 3 is 1.91 bits per heavy atom. The van der Waals surface area contributed by atoms with Gasteiger partial charge in [-0.05, 0) is 98.6 Å². The lowest BCUT2D eigenvalue weighted by molar-refractivity contribution is -0.284. The molecule has 1 unspecified atom stereocenters. The van der Waals surface area contributed by atoms with Crippen molar-refractivity contribution in [1.82, 2.24) is 9.80 Å². The van der Waals surface area contributed by atoms with E-state index in [1.807, 2.05) is 34.7 Å². The van der Waals surface area contributed by atoms with Crippen molar-refractivity contribution >= 4 is 8.32 Å². The highest BCUT2D eigenvalue weighted by molar-refractivity contribution is 6.74. The Morgan fingerprint density at radius 1 is 0.913 bits per heavy atom. The van der Waals surface area contributed by atoms with Crippen LogP contribution >= 0.6 is 0 Å². The molecule has 0 aliphatic carbocycles. The Morgan fingerprint density at radius 2 is 1.46 bits per heavy atom. The quantitative estimate of drug-likeness (QED) is 0.140. The van der Waals surface area contributed by atoms with Crippen LogP contribution in [0.5, 0.6) is 0 Å². The van der Waals surface area contributed by atoms with E-state index in [9.17, 15) is 20.4 Å². The number of aliphatic hydroxyl groups is 4. The van der Waals surface area contributed by atoms with Crippen molar-refractivity contribution in [1.29, 1.82) is 0 Å². The van der Waals surface area contributed by atoms with Crippen LogP contribution < -0.4 is 0 Å². The molecular formula is C36H76N2O7Si. The van der Waals surface area contributed by atoms with E-state index in [4.69, 9.17) is 13.9 Å². The second kappa shape index (κ2) is 17.2. The summed E-state index contributed by atoms with van der Waals surface area (Å²) in [5.74, 6) is -0.195. The Hall–Kier alpha value is -0.143. The lowest BCUT2D eigenvalue weighted by atomic mass is 9.79. The van der Waals surface area contributed by atoms with Gasteiger partial charge in [0.25, 0.3) is 0 Å². The van der Waals surface area contributed by atoms with E-state index in [2.05, 4.69) is 85.5 Å². The minimum Gasteiger partial charge on any atom is -0.409 e.